The fourth-order valence-electron chi connectivity index (χ4n) is 2.17. The third-order valence-corrected chi connectivity index (χ3v) is 4.76. The standard InChI is InChI=1S/C17H20FNO3S/c1-17(2,3)15-9-8-12(10-16(15)18)19-23(20,21)14-7-5-6-13(11-14)22-4/h5-11,19H,1-4H3. The van der Waals surface area contributed by atoms with Crippen LogP contribution in [0.15, 0.2) is 47.4 Å². The van der Waals surface area contributed by atoms with Crippen LogP contribution in [-0.2, 0) is 15.4 Å². The molecule has 2 aromatic carbocycles. The Bertz CT molecular complexity index is 811. The van der Waals surface area contributed by atoms with Gasteiger partial charge in [-0.25, -0.2) is 12.8 Å². The third-order valence-electron chi connectivity index (χ3n) is 3.38. The topological polar surface area (TPSA) is 55.4 Å². The summed E-state index contributed by atoms with van der Waals surface area (Å²) < 4.78 is 46.3. The van der Waals surface area contributed by atoms with Crippen molar-refractivity contribution in [2.24, 2.45) is 0 Å². The van der Waals surface area contributed by atoms with Crippen molar-refractivity contribution < 1.29 is 17.5 Å². The van der Waals surface area contributed by atoms with E-state index in [0.29, 0.717) is 11.3 Å². The average Bonchev–Trinajstić information content (AvgIpc) is 2.45. The summed E-state index contributed by atoms with van der Waals surface area (Å²) in [5, 5.41) is 0. The molecule has 0 radical (unpaired) electrons. The second-order valence-electron chi connectivity index (χ2n) is 6.23. The van der Waals surface area contributed by atoms with Gasteiger partial charge in [-0.15, -0.1) is 0 Å². The van der Waals surface area contributed by atoms with Crippen molar-refractivity contribution in [3.05, 3.63) is 53.8 Å². The second kappa shape index (κ2) is 6.20. The number of methoxy groups -OCH3 is 1. The first kappa shape index (κ1) is 17.3. The van der Waals surface area contributed by atoms with E-state index in [1.807, 2.05) is 20.8 Å². The van der Waals surface area contributed by atoms with E-state index in [1.165, 1.54) is 25.3 Å². The number of nitrogens with one attached hydrogen (secondary N) is 1. The van der Waals surface area contributed by atoms with Crippen LogP contribution in [0.3, 0.4) is 0 Å². The molecule has 0 bridgehead atoms. The minimum Gasteiger partial charge on any atom is -0.497 e. The molecule has 2 aromatic rings. The van der Waals surface area contributed by atoms with E-state index in [1.54, 1.807) is 24.3 Å². The molecule has 1 N–H and O–H groups in total. The molecule has 0 aliphatic rings. The highest BCUT2D eigenvalue weighted by Crippen LogP contribution is 2.28. The Hall–Kier alpha value is -2.08. The van der Waals surface area contributed by atoms with Crippen LogP contribution in [0.5, 0.6) is 5.75 Å². The number of hydrogen-bond acceptors (Lipinski definition) is 3. The molecule has 0 aliphatic carbocycles. The summed E-state index contributed by atoms with van der Waals surface area (Å²) in [5.41, 5.74) is 0.356. The summed E-state index contributed by atoms with van der Waals surface area (Å²) in [6.07, 6.45) is 0. The van der Waals surface area contributed by atoms with Crippen molar-refractivity contribution in [2.45, 2.75) is 31.1 Å². The molecule has 2 rings (SSSR count). The monoisotopic (exact) mass is 337 g/mol. The number of ether oxygens (including phenoxy) is 1. The second-order valence-corrected chi connectivity index (χ2v) is 7.91. The van der Waals surface area contributed by atoms with Crippen molar-refractivity contribution in [2.75, 3.05) is 11.8 Å². The van der Waals surface area contributed by atoms with E-state index in [0.717, 1.165) is 0 Å². The lowest BCUT2D eigenvalue weighted by Crippen LogP contribution is -2.16. The van der Waals surface area contributed by atoms with Gasteiger partial charge >= 0.3 is 0 Å². The summed E-state index contributed by atoms with van der Waals surface area (Å²) in [6.45, 7) is 5.68. The molecule has 4 nitrogen and oxygen atoms in total. The lowest BCUT2D eigenvalue weighted by atomic mass is 9.86. The zero-order chi connectivity index (χ0) is 17.3. The van der Waals surface area contributed by atoms with Gasteiger partial charge in [-0.1, -0.05) is 32.9 Å². The SMILES string of the molecule is COc1cccc(S(=O)(=O)Nc2ccc(C(C)(C)C)c(F)c2)c1. The summed E-state index contributed by atoms with van der Waals surface area (Å²) >= 11 is 0. The van der Waals surface area contributed by atoms with Gasteiger partial charge in [-0.2, -0.15) is 0 Å². The number of hydrogen-bond donors (Lipinski definition) is 1. The Morgan fingerprint density at radius 2 is 1.78 bits per heavy atom. The third kappa shape index (κ3) is 4.01. The van der Waals surface area contributed by atoms with Gasteiger partial charge in [0.1, 0.15) is 11.6 Å². The molecule has 23 heavy (non-hydrogen) atoms. The molecule has 0 fully saturated rings. The molecule has 0 aliphatic heterocycles. The minimum atomic E-state index is -3.81. The van der Waals surface area contributed by atoms with Crippen LogP contribution >= 0.6 is 0 Å². The van der Waals surface area contributed by atoms with Crippen LogP contribution in [0.2, 0.25) is 0 Å². The summed E-state index contributed by atoms with van der Waals surface area (Å²) in [4.78, 5) is 0.0529. The summed E-state index contributed by atoms with van der Waals surface area (Å²) in [6, 6.07) is 10.4. The molecule has 0 amide bonds. The van der Waals surface area contributed by atoms with Crippen molar-refractivity contribution in [1.82, 2.24) is 0 Å². The van der Waals surface area contributed by atoms with Gasteiger partial charge in [0.15, 0.2) is 0 Å². The maximum absolute atomic E-state index is 14.2. The summed E-state index contributed by atoms with van der Waals surface area (Å²) in [7, 11) is -2.35. The Kier molecular flexibility index (Phi) is 4.66. The molecule has 0 unspecified atom stereocenters. The highest BCUT2D eigenvalue weighted by molar-refractivity contribution is 7.92. The Morgan fingerprint density at radius 1 is 1.09 bits per heavy atom. The van der Waals surface area contributed by atoms with Crippen LogP contribution in [0.1, 0.15) is 26.3 Å². The van der Waals surface area contributed by atoms with E-state index >= 15 is 0 Å². The molecule has 0 aromatic heterocycles. The largest absolute Gasteiger partial charge is 0.497 e. The number of rotatable bonds is 4. The predicted molar refractivity (Wildman–Crippen MR) is 88.9 cm³/mol. The molecule has 0 heterocycles. The molecule has 0 saturated heterocycles. The molecular weight excluding hydrogens is 317 g/mol. The minimum absolute atomic E-state index is 0.0529. The maximum Gasteiger partial charge on any atom is 0.262 e. The first-order chi connectivity index (χ1) is 10.6. The molecule has 6 heteroatoms. The van der Waals surface area contributed by atoms with E-state index in [-0.39, 0.29) is 16.0 Å². The van der Waals surface area contributed by atoms with Gasteiger partial charge in [0, 0.05) is 6.07 Å². The van der Waals surface area contributed by atoms with Gasteiger partial charge in [0.05, 0.1) is 17.7 Å². The Labute approximate surface area is 136 Å². The Balaban J connectivity index is 2.32. The van der Waals surface area contributed by atoms with Crippen molar-refractivity contribution in [3.63, 3.8) is 0 Å². The van der Waals surface area contributed by atoms with Gasteiger partial charge in [0.2, 0.25) is 0 Å². The lowest BCUT2D eigenvalue weighted by Gasteiger charge is -2.20. The molecule has 0 spiro atoms. The van der Waals surface area contributed by atoms with Crippen LogP contribution < -0.4 is 9.46 Å². The first-order valence-corrected chi connectivity index (χ1v) is 8.59. The number of sulfonamides is 1. The van der Waals surface area contributed by atoms with Gasteiger partial charge in [0.25, 0.3) is 10.0 Å². The van der Waals surface area contributed by atoms with Gasteiger partial charge < -0.3 is 4.74 Å². The number of halogens is 1. The lowest BCUT2D eigenvalue weighted by molar-refractivity contribution is 0.413. The maximum atomic E-state index is 14.2. The smallest absolute Gasteiger partial charge is 0.262 e. The fraction of sp³-hybridized carbons (Fsp3) is 0.294. The predicted octanol–water partition coefficient (Wildman–Crippen LogP) is 3.93. The van der Waals surface area contributed by atoms with Gasteiger partial charge in [-0.05, 0) is 35.2 Å². The quantitative estimate of drug-likeness (QED) is 0.919. The molecular formula is C17H20FNO3S. The molecule has 124 valence electrons. The highest BCUT2D eigenvalue weighted by atomic mass is 32.2. The van der Waals surface area contributed by atoms with E-state index < -0.39 is 15.8 Å². The van der Waals surface area contributed by atoms with Crippen LogP contribution in [0.25, 0.3) is 0 Å². The van der Waals surface area contributed by atoms with Gasteiger partial charge in [-0.3, -0.25) is 4.72 Å². The fourth-order valence-corrected chi connectivity index (χ4v) is 3.25. The van der Waals surface area contributed by atoms with Crippen LogP contribution in [0.4, 0.5) is 10.1 Å². The van der Waals surface area contributed by atoms with E-state index in [9.17, 15) is 12.8 Å². The summed E-state index contributed by atoms with van der Waals surface area (Å²) in [5.74, 6) is -0.00882. The Morgan fingerprint density at radius 3 is 2.35 bits per heavy atom. The van der Waals surface area contributed by atoms with Crippen molar-refractivity contribution in [1.29, 1.82) is 0 Å². The normalized spacial score (nSPS) is 12.0. The number of anilines is 1. The van der Waals surface area contributed by atoms with Crippen molar-refractivity contribution in [3.8, 4) is 5.75 Å². The average molecular weight is 337 g/mol. The van der Waals surface area contributed by atoms with Crippen LogP contribution in [0, 0.1) is 5.82 Å². The molecule has 0 saturated carbocycles. The first-order valence-electron chi connectivity index (χ1n) is 7.10. The highest BCUT2D eigenvalue weighted by Gasteiger charge is 2.20. The van der Waals surface area contributed by atoms with Crippen LogP contribution in [-0.4, -0.2) is 15.5 Å². The number of benzene rings is 2. The molecule has 0 atom stereocenters. The van der Waals surface area contributed by atoms with E-state index in [4.69, 9.17) is 4.74 Å². The zero-order valence-corrected chi connectivity index (χ0v) is 14.4. The zero-order valence-electron chi connectivity index (χ0n) is 13.6. The van der Waals surface area contributed by atoms with E-state index in [2.05, 4.69) is 4.72 Å². The van der Waals surface area contributed by atoms with Crippen molar-refractivity contribution >= 4 is 15.7 Å².